The van der Waals surface area contributed by atoms with Crippen molar-refractivity contribution in [1.29, 1.82) is 0 Å². The fraction of sp³-hybridized carbons (Fsp3) is 0.286. The Morgan fingerprint density at radius 2 is 2.29 bits per heavy atom. The molecular weight excluding hydrogens is 273 g/mol. The Morgan fingerprint density at radius 3 is 2.95 bits per heavy atom. The number of halogens is 1. The number of oxime groups is 1. The molecule has 0 atom stereocenters. The van der Waals surface area contributed by atoms with Crippen LogP contribution >= 0.6 is 0 Å². The van der Waals surface area contributed by atoms with Crippen LogP contribution in [0, 0.1) is 5.82 Å². The average molecular weight is 291 g/mol. The Labute approximate surface area is 122 Å². The van der Waals surface area contributed by atoms with Gasteiger partial charge in [0.1, 0.15) is 5.82 Å². The zero-order valence-corrected chi connectivity index (χ0v) is 11.8. The van der Waals surface area contributed by atoms with Crippen molar-refractivity contribution >= 4 is 5.84 Å². The molecule has 0 bridgehead atoms. The molecule has 0 aliphatic rings. The maximum absolute atomic E-state index is 14.1. The molecule has 1 aromatic heterocycles. The van der Waals surface area contributed by atoms with Gasteiger partial charge in [-0.1, -0.05) is 17.3 Å². The van der Waals surface area contributed by atoms with Crippen LogP contribution in [-0.4, -0.2) is 27.4 Å². The summed E-state index contributed by atoms with van der Waals surface area (Å²) in [5.41, 5.74) is 7.11. The van der Waals surface area contributed by atoms with Crippen LogP contribution in [0.5, 0.6) is 0 Å². The molecule has 0 amide bonds. The molecule has 4 N–H and O–H groups in total. The minimum Gasteiger partial charge on any atom is -0.409 e. The van der Waals surface area contributed by atoms with E-state index < -0.39 is 5.82 Å². The molecule has 0 saturated carbocycles. The molecule has 2 aromatic rings. The number of hydrogen-bond donors (Lipinski definition) is 3. The monoisotopic (exact) mass is 291 g/mol. The zero-order chi connectivity index (χ0) is 15.2. The smallest absolute Gasteiger partial charge is 0.173 e. The van der Waals surface area contributed by atoms with E-state index in [0.29, 0.717) is 18.7 Å². The van der Waals surface area contributed by atoms with Crippen LogP contribution in [0.3, 0.4) is 0 Å². The molecule has 0 saturated heterocycles. The zero-order valence-electron chi connectivity index (χ0n) is 11.8. The lowest BCUT2D eigenvalue weighted by Crippen LogP contribution is -2.21. The topological polar surface area (TPSA) is 88.5 Å². The molecule has 0 radical (unpaired) electrons. The molecule has 1 heterocycles. The number of nitrogens with zero attached hydrogens (tertiary/aromatic N) is 3. The predicted octanol–water partition coefficient (Wildman–Crippen LogP) is 0.986. The minimum atomic E-state index is -0.471. The summed E-state index contributed by atoms with van der Waals surface area (Å²) in [6.07, 6.45) is 2.55. The summed E-state index contributed by atoms with van der Waals surface area (Å²) >= 11 is 0. The van der Waals surface area contributed by atoms with Crippen molar-refractivity contribution < 1.29 is 9.60 Å². The summed E-state index contributed by atoms with van der Waals surface area (Å²) in [6.45, 7) is 1.07. The van der Waals surface area contributed by atoms with Crippen LogP contribution in [0.2, 0.25) is 0 Å². The highest BCUT2D eigenvalue weighted by molar-refractivity contribution is 5.97. The molecule has 6 nitrogen and oxygen atoms in total. The third-order valence-corrected chi connectivity index (χ3v) is 3.26. The van der Waals surface area contributed by atoms with Crippen LogP contribution in [0.25, 0.3) is 0 Å². The summed E-state index contributed by atoms with van der Waals surface area (Å²) in [7, 11) is 1.88. The van der Waals surface area contributed by atoms with Crippen molar-refractivity contribution in [3.05, 3.63) is 53.1 Å². The van der Waals surface area contributed by atoms with Gasteiger partial charge in [0.25, 0.3) is 0 Å². The van der Waals surface area contributed by atoms with Crippen molar-refractivity contribution in [1.82, 2.24) is 15.1 Å². The van der Waals surface area contributed by atoms with Crippen LogP contribution < -0.4 is 11.1 Å². The van der Waals surface area contributed by atoms with E-state index in [4.69, 9.17) is 10.9 Å². The first-order valence-corrected chi connectivity index (χ1v) is 6.56. The molecule has 7 heteroatoms. The van der Waals surface area contributed by atoms with E-state index in [-0.39, 0.29) is 11.4 Å². The maximum atomic E-state index is 14.1. The Bertz CT molecular complexity index is 638. The molecule has 21 heavy (non-hydrogen) atoms. The molecule has 0 aliphatic carbocycles. The van der Waals surface area contributed by atoms with Gasteiger partial charge < -0.3 is 16.3 Å². The Morgan fingerprint density at radius 1 is 1.48 bits per heavy atom. The van der Waals surface area contributed by atoms with Crippen LogP contribution in [0.1, 0.15) is 16.8 Å². The number of benzene rings is 1. The van der Waals surface area contributed by atoms with E-state index in [1.54, 1.807) is 23.0 Å². The van der Waals surface area contributed by atoms with Gasteiger partial charge in [-0.2, -0.15) is 5.10 Å². The highest BCUT2D eigenvalue weighted by Crippen LogP contribution is 2.12. The van der Waals surface area contributed by atoms with Crippen molar-refractivity contribution in [3.8, 4) is 0 Å². The van der Waals surface area contributed by atoms with Gasteiger partial charge in [0.05, 0.1) is 5.56 Å². The van der Waals surface area contributed by atoms with Gasteiger partial charge in [-0.15, -0.1) is 0 Å². The van der Waals surface area contributed by atoms with E-state index in [0.717, 1.165) is 12.1 Å². The summed E-state index contributed by atoms with van der Waals surface area (Å²) in [5, 5.41) is 18.7. The fourth-order valence-corrected chi connectivity index (χ4v) is 2.05. The van der Waals surface area contributed by atoms with Crippen molar-refractivity contribution in [2.24, 2.45) is 17.9 Å². The molecular formula is C14H18FN5O. The summed E-state index contributed by atoms with van der Waals surface area (Å²) in [6, 6.07) is 6.76. The first-order valence-electron chi connectivity index (χ1n) is 6.56. The lowest BCUT2D eigenvalue weighted by Gasteiger charge is -2.09. The number of rotatable bonds is 6. The second-order valence-corrected chi connectivity index (χ2v) is 4.64. The highest BCUT2D eigenvalue weighted by Gasteiger charge is 2.11. The van der Waals surface area contributed by atoms with E-state index in [2.05, 4.69) is 15.6 Å². The summed E-state index contributed by atoms with van der Waals surface area (Å²) in [4.78, 5) is 0. The quantitative estimate of drug-likeness (QED) is 0.243. The number of aromatic nitrogens is 2. The molecule has 0 aliphatic heterocycles. The first-order chi connectivity index (χ1) is 10.1. The highest BCUT2D eigenvalue weighted by atomic mass is 19.1. The number of amidine groups is 1. The van der Waals surface area contributed by atoms with Crippen LogP contribution in [0.15, 0.2) is 35.6 Å². The largest absolute Gasteiger partial charge is 0.409 e. The second-order valence-electron chi connectivity index (χ2n) is 4.64. The van der Waals surface area contributed by atoms with Crippen molar-refractivity contribution in [2.75, 3.05) is 6.54 Å². The van der Waals surface area contributed by atoms with Gasteiger partial charge in [-0.05, 0) is 12.1 Å². The van der Waals surface area contributed by atoms with Crippen LogP contribution in [-0.2, 0) is 20.0 Å². The molecule has 2 rings (SSSR count). The second kappa shape index (κ2) is 6.85. The minimum absolute atomic E-state index is 0.100. The number of hydrogen-bond acceptors (Lipinski definition) is 4. The molecule has 0 fully saturated rings. The Balaban J connectivity index is 1.93. The summed E-state index contributed by atoms with van der Waals surface area (Å²) in [5.74, 6) is -0.704. The van der Waals surface area contributed by atoms with Crippen molar-refractivity contribution in [3.63, 3.8) is 0 Å². The van der Waals surface area contributed by atoms with Gasteiger partial charge in [0.2, 0.25) is 0 Å². The maximum Gasteiger partial charge on any atom is 0.173 e. The Kier molecular flexibility index (Phi) is 4.89. The first kappa shape index (κ1) is 15.0. The fourth-order valence-electron chi connectivity index (χ4n) is 2.05. The predicted molar refractivity (Wildman–Crippen MR) is 77.5 cm³/mol. The molecule has 112 valence electrons. The lowest BCUT2D eigenvalue weighted by atomic mass is 10.1. The van der Waals surface area contributed by atoms with Gasteiger partial charge in [-0.3, -0.25) is 4.68 Å². The summed E-state index contributed by atoms with van der Waals surface area (Å²) < 4.78 is 16.0. The average Bonchev–Trinajstić information content (AvgIpc) is 2.89. The van der Waals surface area contributed by atoms with Gasteiger partial charge >= 0.3 is 0 Å². The van der Waals surface area contributed by atoms with Gasteiger partial charge in [0, 0.05) is 44.0 Å². The number of nitrogens with one attached hydrogen (secondary N) is 1. The van der Waals surface area contributed by atoms with Gasteiger partial charge in [-0.25, -0.2) is 4.39 Å². The third kappa shape index (κ3) is 3.57. The molecule has 0 unspecified atom stereocenters. The Hall–Kier alpha value is -2.41. The number of aryl methyl sites for hydroxylation is 1. The molecule has 1 aromatic carbocycles. The van der Waals surface area contributed by atoms with E-state index in [9.17, 15) is 4.39 Å². The number of nitrogens with two attached hydrogens (primary N) is 1. The normalized spacial score (nSPS) is 11.8. The standard InChI is InChI=1S/C14H18FN5O/c1-20-11(6-8-18-20)5-7-17-9-10-3-2-4-12(13(10)15)14(16)19-21/h2-4,6,8,17,21H,5,7,9H2,1H3,(H2,16,19). The SMILES string of the molecule is Cn1nccc1CCNCc1cccc(/C(N)=N/O)c1F. The van der Waals surface area contributed by atoms with E-state index in [1.165, 1.54) is 6.07 Å². The lowest BCUT2D eigenvalue weighted by molar-refractivity contribution is 0.318. The van der Waals surface area contributed by atoms with E-state index >= 15 is 0 Å². The van der Waals surface area contributed by atoms with Crippen LogP contribution in [0.4, 0.5) is 4.39 Å². The molecule has 0 spiro atoms. The van der Waals surface area contributed by atoms with E-state index in [1.807, 2.05) is 13.1 Å². The van der Waals surface area contributed by atoms with Gasteiger partial charge in [0.15, 0.2) is 5.84 Å². The van der Waals surface area contributed by atoms with Crippen molar-refractivity contribution in [2.45, 2.75) is 13.0 Å². The third-order valence-electron chi connectivity index (χ3n) is 3.26.